The number of thioether (sulfide) groups is 1. The lowest BCUT2D eigenvalue weighted by molar-refractivity contribution is -0.115. The third-order valence-electron chi connectivity index (χ3n) is 3.82. The fourth-order valence-corrected chi connectivity index (χ4v) is 3.76. The summed E-state index contributed by atoms with van der Waals surface area (Å²) in [4.78, 5) is 17.3. The molecule has 0 unspecified atom stereocenters. The van der Waals surface area contributed by atoms with Gasteiger partial charge in [-0.2, -0.15) is 5.26 Å². The molecule has 0 atom stereocenters. The lowest BCUT2D eigenvalue weighted by atomic mass is 10.2. The highest BCUT2D eigenvalue weighted by Gasteiger charge is 2.25. The SMILES string of the molecule is COc1ccccc1N=C1NC(=O)C(=Cc2cc(OC)c(OCC#N)cc2Br)S1. The number of nitrogens with zero attached hydrogens (tertiary/aromatic N) is 2. The van der Waals surface area contributed by atoms with Crippen LogP contribution in [0, 0.1) is 11.3 Å². The van der Waals surface area contributed by atoms with Crippen LogP contribution in [-0.4, -0.2) is 31.9 Å². The minimum Gasteiger partial charge on any atom is -0.494 e. The molecule has 0 bridgehead atoms. The molecule has 0 spiro atoms. The Morgan fingerprint density at radius 1 is 1.21 bits per heavy atom. The van der Waals surface area contributed by atoms with Crippen LogP contribution in [0.4, 0.5) is 5.69 Å². The van der Waals surface area contributed by atoms with Crippen LogP contribution in [0.15, 0.2) is 50.8 Å². The number of ether oxygens (including phenoxy) is 3. The number of hydrogen-bond donors (Lipinski definition) is 1. The molecule has 1 aliphatic rings. The summed E-state index contributed by atoms with van der Waals surface area (Å²) < 4.78 is 16.7. The minimum atomic E-state index is -0.251. The molecule has 0 aliphatic carbocycles. The predicted octanol–water partition coefficient (Wildman–Crippen LogP) is 4.26. The number of methoxy groups -OCH3 is 2. The number of hydrogen-bond acceptors (Lipinski definition) is 7. The van der Waals surface area contributed by atoms with Gasteiger partial charge >= 0.3 is 0 Å². The Hall–Kier alpha value is -2.96. The Bertz CT molecular complexity index is 1050. The molecule has 7 nitrogen and oxygen atoms in total. The van der Waals surface area contributed by atoms with Gasteiger partial charge in [0.2, 0.25) is 0 Å². The van der Waals surface area contributed by atoms with Crippen molar-refractivity contribution in [3.63, 3.8) is 0 Å². The summed E-state index contributed by atoms with van der Waals surface area (Å²) in [6.07, 6.45) is 1.73. The molecule has 1 fully saturated rings. The Balaban J connectivity index is 1.88. The highest BCUT2D eigenvalue weighted by Crippen LogP contribution is 2.37. The fraction of sp³-hybridized carbons (Fsp3) is 0.150. The van der Waals surface area contributed by atoms with E-state index >= 15 is 0 Å². The van der Waals surface area contributed by atoms with Crippen molar-refractivity contribution in [2.45, 2.75) is 0 Å². The number of nitriles is 1. The van der Waals surface area contributed by atoms with E-state index in [1.165, 1.54) is 18.9 Å². The first-order chi connectivity index (χ1) is 14.0. The van der Waals surface area contributed by atoms with E-state index in [0.717, 1.165) is 5.56 Å². The van der Waals surface area contributed by atoms with Gasteiger partial charge in [0.1, 0.15) is 17.5 Å². The largest absolute Gasteiger partial charge is 0.494 e. The van der Waals surface area contributed by atoms with Crippen LogP contribution in [0.3, 0.4) is 0 Å². The zero-order valence-electron chi connectivity index (χ0n) is 15.6. The number of carbonyl (C=O) groups is 1. The molecular weight excluding hydrogens is 458 g/mol. The number of rotatable bonds is 6. The first-order valence-electron chi connectivity index (χ1n) is 8.35. The number of para-hydroxylation sites is 2. The summed E-state index contributed by atoms with van der Waals surface area (Å²) in [5.74, 6) is 1.26. The molecule has 1 N–H and O–H groups in total. The zero-order chi connectivity index (χ0) is 20.8. The van der Waals surface area contributed by atoms with Crippen molar-refractivity contribution in [1.29, 1.82) is 5.26 Å². The van der Waals surface area contributed by atoms with Crippen molar-refractivity contribution >= 4 is 50.5 Å². The monoisotopic (exact) mass is 473 g/mol. The maximum absolute atomic E-state index is 12.4. The van der Waals surface area contributed by atoms with E-state index in [-0.39, 0.29) is 12.5 Å². The number of aliphatic imine (C=N–C) groups is 1. The second-order valence-corrected chi connectivity index (χ2v) is 7.51. The van der Waals surface area contributed by atoms with E-state index in [9.17, 15) is 4.79 Å². The van der Waals surface area contributed by atoms with Gasteiger partial charge in [-0.25, -0.2) is 4.99 Å². The number of carbonyl (C=O) groups excluding carboxylic acids is 1. The lowest BCUT2D eigenvalue weighted by Gasteiger charge is -2.11. The van der Waals surface area contributed by atoms with Crippen molar-refractivity contribution in [1.82, 2.24) is 5.32 Å². The van der Waals surface area contributed by atoms with Crippen LogP contribution in [-0.2, 0) is 4.79 Å². The van der Waals surface area contributed by atoms with Gasteiger partial charge in [0, 0.05) is 4.47 Å². The average Bonchev–Trinajstić information content (AvgIpc) is 3.07. The van der Waals surface area contributed by atoms with Crippen molar-refractivity contribution in [3.05, 3.63) is 51.3 Å². The average molecular weight is 474 g/mol. The van der Waals surface area contributed by atoms with E-state index in [4.69, 9.17) is 19.5 Å². The quantitative estimate of drug-likeness (QED) is 0.629. The maximum Gasteiger partial charge on any atom is 0.264 e. The van der Waals surface area contributed by atoms with Crippen LogP contribution in [0.5, 0.6) is 17.2 Å². The van der Waals surface area contributed by atoms with Crippen molar-refractivity contribution < 1.29 is 19.0 Å². The molecule has 148 valence electrons. The van der Waals surface area contributed by atoms with Gasteiger partial charge in [0.15, 0.2) is 23.3 Å². The third-order valence-corrected chi connectivity index (χ3v) is 5.42. The van der Waals surface area contributed by atoms with Crippen LogP contribution in [0.25, 0.3) is 6.08 Å². The number of halogens is 1. The smallest absolute Gasteiger partial charge is 0.264 e. The zero-order valence-corrected chi connectivity index (χ0v) is 18.0. The highest BCUT2D eigenvalue weighted by molar-refractivity contribution is 9.10. The summed E-state index contributed by atoms with van der Waals surface area (Å²) in [7, 11) is 3.08. The van der Waals surface area contributed by atoms with Gasteiger partial charge in [-0.05, 0) is 47.7 Å². The summed E-state index contributed by atoms with van der Waals surface area (Å²) in [6, 6.07) is 12.6. The second kappa shape index (κ2) is 9.49. The topological polar surface area (TPSA) is 92.9 Å². The molecule has 0 saturated carbocycles. The Morgan fingerprint density at radius 3 is 2.69 bits per heavy atom. The molecular formula is C20H16BrN3O4S. The molecule has 1 aliphatic heterocycles. The molecule has 1 saturated heterocycles. The number of nitrogens with one attached hydrogen (secondary N) is 1. The van der Waals surface area contributed by atoms with Gasteiger partial charge in [0.05, 0.1) is 19.1 Å². The van der Waals surface area contributed by atoms with Crippen molar-refractivity contribution in [2.24, 2.45) is 4.99 Å². The first kappa shape index (κ1) is 20.8. The van der Waals surface area contributed by atoms with E-state index in [0.29, 0.717) is 37.5 Å². The van der Waals surface area contributed by atoms with Crippen molar-refractivity contribution in [2.75, 3.05) is 20.8 Å². The van der Waals surface area contributed by atoms with Gasteiger partial charge in [-0.1, -0.05) is 28.1 Å². The molecule has 2 aromatic carbocycles. The lowest BCUT2D eigenvalue weighted by Crippen LogP contribution is -2.19. The molecule has 9 heteroatoms. The van der Waals surface area contributed by atoms with E-state index < -0.39 is 0 Å². The Kier molecular flexibility index (Phi) is 6.80. The summed E-state index contributed by atoms with van der Waals surface area (Å²) >= 11 is 4.69. The molecule has 1 heterocycles. The van der Waals surface area contributed by atoms with Gasteiger partial charge in [-0.15, -0.1) is 0 Å². The third kappa shape index (κ3) is 4.91. The van der Waals surface area contributed by atoms with Crippen LogP contribution >= 0.6 is 27.7 Å². The molecule has 0 radical (unpaired) electrons. The van der Waals surface area contributed by atoms with Crippen LogP contribution < -0.4 is 19.5 Å². The first-order valence-corrected chi connectivity index (χ1v) is 9.96. The van der Waals surface area contributed by atoms with Gasteiger partial charge in [0.25, 0.3) is 5.91 Å². The summed E-state index contributed by atoms with van der Waals surface area (Å²) in [6.45, 7) is -0.0930. The van der Waals surface area contributed by atoms with E-state index in [1.807, 2.05) is 24.3 Å². The fourth-order valence-electron chi connectivity index (χ4n) is 2.50. The maximum atomic E-state index is 12.4. The number of amidine groups is 1. The highest BCUT2D eigenvalue weighted by atomic mass is 79.9. The summed E-state index contributed by atoms with van der Waals surface area (Å²) in [5, 5.41) is 11.9. The Labute approximate surface area is 180 Å². The van der Waals surface area contributed by atoms with Crippen LogP contribution in [0.2, 0.25) is 0 Å². The van der Waals surface area contributed by atoms with Crippen LogP contribution in [0.1, 0.15) is 5.56 Å². The normalized spacial score (nSPS) is 15.9. The minimum absolute atomic E-state index is 0.0930. The molecule has 1 amide bonds. The number of amides is 1. The van der Waals surface area contributed by atoms with Gasteiger partial charge < -0.3 is 19.5 Å². The summed E-state index contributed by atoms with van der Waals surface area (Å²) in [5.41, 5.74) is 1.35. The second-order valence-electron chi connectivity index (χ2n) is 5.62. The van der Waals surface area contributed by atoms with Crippen molar-refractivity contribution in [3.8, 4) is 23.3 Å². The molecule has 3 rings (SSSR count). The molecule has 2 aromatic rings. The molecule has 29 heavy (non-hydrogen) atoms. The Morgan fingerprint density at radius 2 is 1.97 bits per heavy atom. The molecule has 0 aromatic heterocycles. The van der Waals surface area contributed by atoms with E-state index in [1.54, 1.807) is 31.4 Å². The number of benzene rings is 2. The van der Waals surface area contributed by atoms with Gasteiger partial charge in [-0.3, -0.25) is 4.79 Å². The predicted molar refractivity (Wildman–Crippen MR) is 116 cm³/mol. The van der Waals surface area contributed by atoms with E-state index in [2.05, 4.69) is 26.2 Å². The standard InChI is InChI=1S/C20H16BrN3O4S/c1-26-15-6-4-3-5-14(15)23-20-24-19(25)18(29-20)10-12-9-16(27-2)17(11-13(12)21)28-8-7-22/h3-6,9-11H,8H2,1-2H3,(H,23,24,25).